The van der Waals surface area contributed by atoms with Crippen molar-refractivity contribution in [2.24, 2.45) is 0 Å². The number of fused-ring (bicyclic) bond motifs is 1. The van der Waals surface area contributed by atoms with Gasteiger partial charge in [0.25, 0.3) is 0 Å². The first-order valence-corrected chi connectivity index (χ1v) is 9.55. The third-order valence-corrected chi connectivity index (χ3v) is 5.57. The van der Waals surface area contributed by atoms with Gasteiger partial charge in [0, 0.05) is 16.6 Å². The van der Waals surface area contributed by atoms with Gasteiger partial charge in [-0.2, -0.15) is 0 Å². The Balaban J connectivity index is 1.88. The van der Waals surface area contributed by atoms with Crippen LogP contribution in [-0.4, -0.2) is 9.97 Å². The van der Waals surface area contributed by atoms with Gasteiger partial charge in [-0.15, -0.1) is 11.3 Å². The minimum atomic E-state index is 0.861. The van der Waals surface area contributed by atoms with Gasteiger partial charge in [-0.3, -0.25) is 0 Å². The lowest BCUT2D eigenvalue weighted by molar-refractivity contribution is 1.22. The molecule has 26 heavy (non-hydrogen) atoms. The van der Waals surface area contributed by atoms with E-state index >= 15 is 0 Å². The van der Waals surface area contributed by atoms with Gasteiger partial charge in [0.2, 0.25) is 0 Å². The summed E-state index contributed by atoms with van der Waals surface area (Å²) in [5, 5.41) is 6.81. The summed E-state index contributed by atoms with van der Waals surface area (Å²) in [6, 6.07) is 13.0. The predicted molar refractivity (Wildman–Crippen MR) is 112 cm³/mol. The van der Waals surface area contributed by atoms with Crippen LogP contribution in [0.4, 0.5) is 11.5 Å². The standard InChI is InChI=1S/C22H21N3S/c1-13-6-8-17(16(4)9-13)18-11-26-22-20(18)21(23-12-24-22)25-19-10-14(2)5-7-15(19)3/h5-12H,1-4H3,(H,23,24,25). The molecule has 3 nitrogen and oxygen atoms in total. The number of benzene rings is 2. The van der Waals surface area contributed by atoms with Crippen molar-refractivity contribution in [2.45, 2.75) is 27.7 Å². The molecule has 1 N–H and O–H groups in total. The third-order valence-electron chi connectivity index (χ3n) is 4.69. The smallest absolute Gasteiger partial charge is 0.143 e. The van der Waals surface area contributed by atoms with E-state index in [1.807, 2.05) is 0 Å². The lowest BCUT2D eigenvalue weighted by Gasteiger charge is -2.12. The molecular formula is C22H21N3S. The molecule has 0 radical (unpaired) electrons. The molecule has 0 unspecified atom stereocenters. The minimum Gasteiger partial charge on any atom is -0.339 e. The molecule has 0 saturated heterocycles. The van der Waals surface area contributed by atoms with E-state index in [1.165, 1.54) is 33.4 Å². The van der Waals surface area contributed by atoms with E-state index in [2.05, 4.69) is 84.8 Å². The van der Waals surface area contributed by atoms with Gasteiger partial charge in [0.1, 0.15) is 17.0 Å². The molecule has 0 aliphatic carbocycles. The highest BCUT2D eigenvalue weighted by atomic mass is 32.1. The highest BCUT2D eigenvalue weighted by Gasteiger charge is 2.15. The summed E-state index contributed by atoms with van der Waals surface area (Å²) in [4.78, 5) is 10.0. The zero-order chi connectivity index (χ0) is 18.3. The van der Waals surface area contributed by atoms with Crippen LogP contribution in [-0.2, 0) is 0 Å². The second-order valence-corrected chi connectivity index (χ2v) is 7.67. The van der Waals surface area contributed by atoms with Gasteiger partial charge < -0.3 is 5.32 Å². The van der Waals surface area contributed by atoms with Crippen LogP contribution in [0.15, 0.2) is 48.1 Å². The van der Waals surface area contributed by atoms with Gasteiger partial charge >= 0.3 is 0 Å². The number of rotatable bonds is 3. The first-order valence-electron chi connectivity index (χ1n) is 8.67. The monoisotopic (exact) mass is 359 g/mol. The molecular weight excluding hydrogens is 338 g/mol. The van der Waals surface area contributed by atoms with Crippen LogP contribution in [0.2, 0.25) is 0 Å². The maximum atomic E-state index is 4.56. The molecule has 4 heteroatoms. The Morgan fingerprint density at radius 1 is 0.808 bits per heavy atom. The Morgan fingerprint density at radius 3 is 2.38 bits per heavy atom. The van der Waals surface area contributed by atoms with Crippen molar-refractivity contribution in [1.29, 1.82) is 0 Å². The van der Waals surface area contributed by atoms with Crippen molar-refractivity contribution in [3.63, 3.8) is 0 Å². The lowest BCUT2D eigenvalue weighted by Crippen LogP contribution is -1.98. The van der Waals surface area contributed by atoms with Crippen LogP contribution in [0.3, 0.4) is 0 Å². The molecule has 130 valence electrons. The molecule has 0 fully saturated rings. The Morgan fingerprint density at radius 2 is 1.58 bits per heavy atom. The van der Waals surface area contributed by atoms with E-state index in [9.17, 15) is 0 Å². The maximum absolute atomic E-state index is 4.56. The number of hydrogen-bond acceptors (Lipinski definition) is 4. The quantitative estimate of drug-likeness (QED) is 0.464. The lowest BCUT2D eigenvalue weighted by atomic mass is 9.99. The average Bonchev–Trinajstić information content (AvgIpc) is 3.03. The summed E-state index contributed by atoms with van der Waals surface area (Å²) in [5.74, 6) is 0.861. The number of aromatic nitrogens is 2. The largest absolute Gasteiger partial charge is 0.339 e. The molecule has 0 atom stereocenters. The molecule has 0 spiro atoms. The molecule has 0 saturated carbocycles. The zero-order valence-corrected chi connectivity index (χ0v) is 16.2. The van der Waals surface area contributed by atoms with E-state index in [0.717, 1.165) is 21.7 Å². The Labute approximate surface area is 157 Å². The molecule has 0 bridgehead atoms. The molecule has 4 aromatic rings. The predicted octanol–water partition coefficient (Wildman–Crippen LogP) is 6.34. The van der Waals surface area contributed by atoms with Crippen LogP contribution in [0, 0.1) is 27.7 Å². The van der Waals surface area contributed by atoms with E-state index in [4.69, 9.17) is 0 Å². The van der Waals surface area contributed by atoms with Crippen LogP contribution in [0.5, 0.6) is 0 Å². The summed E-state index contributed by atoms with van der Waals surface area (Å²) in [6.07, 6.45) is 1.64. The number of nitrogens with one attached hydrogen (secondary N) is 1. The first kappa shape index (κ1) is 16.7. The molecule has 2 aromatic heterocycles. The molecule has 2 aromatic carbocycles. The van der Waals surface area contributed by atoms with Gasteiger partial charge in [-0.25, -0.2) is 9.97 Å². The second-order valence-electron chi connectivity index (χ2n) is 6.81. The van der Waals surface area contributed by atoms with Gasteiger partial charge in [-0.05, 0) is 56.0 Å². The number of hydrogen-bond donors (Lipinski definition) is 1. The van der Waals surface area contributed by atoms with E-state index in [-0.39, 0.29) is 0 Å². The van der Waals surface area contributed by atoms with Crippen molar-refractivity contribution in [1.82, 2.24) is 9.97 Å². The summed E-state index contributed by atoms with van der Waals surface area (Å²) < 4.78 is 0. The summed E-state index contributed by atoms with van der Waals surface area (Å²) in [7, 11) is 0. The number of nitrogens with zero attached hydrogens (tertiary/aromatic N) is 2. The summed E-state index contributed by atoms with van der Waals surface area (Å²) >= 11 is 1.66. The van der Waals surface area contributed by atoms with Crippen molar-refractivity contribution >= 4 is 33.1 Å². The topological polar surface area (TPSA) is 37.8 Å². The fourth-order valence-electron chi connectivity index (χ4n) is 3.28. The number of aryl methyl sites for hydroxylation is 4. The molecule has 4 rings (SSSR count). The van der Waals surface area contributed by atoms with Gasteiger partial charge in [-0.1, -0.05) is 35.9 Å². The second kappa shape index (κ2) is 6.54. The Bertz CT molecular complexity index is 1110. The average molecular weight is 359 g/mol. The highest BCUT2D eigenvalue weighted by molar-refractivity contribution is 7.17. The molecule has 0 aliphatic rings. The third kappa shape index (κ3) is 2.97. The van der Waals surface area contributed by atoms with E-state index in [1.54, 1.807) is 17.7 Å². The molecule has 2 heterocycles. The van der Waals surface area contributed by atoms with E-state index in [0.29, 0.717) is 0 Å². The van der Waals surface area contributed by atoms with Crippen molar-refractivity contribution in [3.8, 4) is 11.1 Å². The van der Waals surface area contributed by atoms with E-state index < -0.39 is 0 Å². The Hall–Kier alpha value is -2.72. The number of anilines is 2. The van der Waals surface area contributed by atoms with Crippen LogP contribution in [0.25, 0.3) is 21.3 Å². The Kier molecular flexibility index (Phi) is 4.21. The van der Waals surface area contributed by atoms with Gasteiger partial charge in [0.05, 0.1) is 5.39 Å². The van der Waals surface area contributed by atoms with Crippen molar-refractivity contribution < 1.29 is 0 Å². The van der Waals surface area contributed by atoms with Crippen molar-refractivity contribution in [3.05, 3.63) is 70.4 Å². The highest BCUT2D eigenvalue weighted by Crippen LogP contribution is 2.39. The van der Waals surface area contributed by atoms with Gasteiger partial charge in [0.15, 0.2) is 0 Å². The molecule has 0 aliphatic heterocycles. The SMILES string of the molecule is Cc1ccc(-c2csc3ncnc(Nc4cc(C)ccc4C)c23)c(C)c1. The first-order chi connectivity index (χ1) is 12.5. The van der Waals surface area contributed by atoms with Crippen LogP contribution >= 0.6 is 11.3 Å². The summed E-state index contributed by atoms with van der Waals surface area (Å²) in [6.45, 7) is 8.50. The van der Waals surface area contributed by atoms with Crippen molar-refractivity contribution in [2.75, 3.05) is 5.32 Å². The van der Waals surface area contributed by atoms with Crippen LogP contribution < -0.4 is 5.32 Å². The molecule has 0 amide bonds. The maximum Gasteiger partial charge on any atom is 0.143 e. The fraction of sp³-hybridized carbons (Fsp3) is 0.182. The van der Waals surface area contributed by atoms with Crippen LogP contribution in [0.1, 0.15) is 22.3 Å². The number of thiophene rings is 1. The normalized spacial score (nSPS) is 11.1. The fourth-order valence-corrected chi connectivity index (χ4v) is 4.19. The minimum absolute atomic E-state index is 0.861. The summed E-state index contributed by atoms with van der Waals surface area (Å²) in [5.41, 5.74) is 8.48. The zero-order valence-electron chi connectivity index (χ0n) is 15.4.